The summed E-state index contributed by atoms with van der Waals surface area (Å²) in [5.74, 6) is -2.24. The number of hydrogen-bond acceptors (Lipinski definition) is 3. The molecule has 0 spiro atoms. The van der Waals surface area contributed by atoms with Crippen LogP contribution in [0.5, 0.6) is 0 Å². The van der Waals surface area contributed by atoms with Crippen LogP contribution in [-0.2, 0) is 14.8 Å². The van der Waals surface area contributed by atoms with Crippen molar-refractivity contribution in [2.75, 3.05) is 10.0 Å². The third-order valence-electron chi connectivity index (χ3n) is 2.74. The lowest BCUT2D eigenvalue weighted by Crippen LogP contribution is -2.14. The van der Waals surface area contributed by atoms with Crippen molar-refractivity contribution in [3.63, 3.8) is 0 Å². The number of rotatable bonds is 4. The van der Waals surface area contributed by atoms with Gasteiger partial charge in [-0.25, -0.2) is 17.2 Å². The van der Waals surface area contributed by atoms with Gasteiger partial charge in [0, 0.05) is 13.0 Å². The molecule has 9 heteroatoms. The third kappa shape index (κ3) is 4.17. The molecule has 0 aliphatic heterocycles. The van der Waals surface area contributed by atoms with E-state index < -0.39 is 27.3 Å². The average Bonchev–Trinajstić information content (AvgIpc) is 2.43. The summed E-state index contributed by atoms with van der Waals surface area (Å²) < 4.78 is 52.8. The Labute approximate surface area is 136 Å². The molecule has 0 atom stereocenters. The van der Waals surface area contributed by atoms with E-state index in [2.05, 4.69) is 5.32 Å². The van der Waals surface area contributed by atoms with E-state index in [-0.39, 0.29) is 21.5 Å². The van der Waals surface area contributed by atoms with Crippen LogP contribution in [0, 0.1) is 11.6 Å². The maximum absolute atomic E-state index is 13.5. The van der Waals surface area contributed by atoms with E-state index in [1.165, 1.54) is 19.1 Å². The Balaban J connectivity index is 2.32. The van der Waals surface area contributed by atoms with Crippen molar-refractivity contribution >= 4 is 38.9 Å². The summed E-state index contributed by atoms with van der Waals surface area (Å²) in [6.07, 6.45) is 0. The van der Waals surface area contributed by atoms with E-state index in [4.69, 9.17) is 11.6 Å². The van der Waals surface area contributed by atoms with Gasteiger partial charge in [0.15, 0.2) is 0 Å². The van der Waals surface area contributed by atoms with Crippen LogP contribution in [0.1, 0.15) is 6.92 Å². The highest BCUT2D eigenvalue weighted by atomic mass is 35.5. The Bertz CT molecular complexity index is 872. The predicted octanol–water partition coefficient (Wildman–Crippen LogP) is 3.38. The molecular weight excluding hydrogens is 350 g/mol. The fourth-order valence-corrected chi connectivity index (χ4v) is 3.12. The molecule has 0 unspecified atom stereocenters. The van der Waals surface area contributed by atoms with Crippen molar-refractivity contribution in [2.24, 2.45) is 0 Å². The molecule has 0 aromatic heterocycles. The summed E-state index contributed by atoms with van der Waals surface area (Å²) in [7, 11) is -4.13. The number of nitrogens with one attached hydrogen (secondary N) is 2. The molecule has 0 saturated carbocycles. The lowest BCUT2D eigenvalue weighted by atomic mass is 10.3. The lowest BCUT2D eigenvalue weighted by molar-refractivity contribution is -0.114. The van der Waals surface area contributed by atoms with Crippen molar-refractivity contribution in [1.82, 2.24) is 0 Å². The fourth-order valence-electron chi connectivity index (χ4n) is 1.73. The number of anilines is 2. The molecule has 2 N–H and O–H groups in total. The van der Waals surface area contributed by atoms with Crippen LogP contribution in [-0.4, -0.2) is 14.3 Å². The van der Waals surface area contributed by atoms with Gasteiger partial charge in [0.05, 0.1) is 21.3 Å². The molecular formula is C14H11ClF2N2O3S. The lowest BCUT2D eigenvalue weighted by Gasteiger charge is -2.11. The summed E-state index contributed by atoms with van der Waals surface area (Å²) in [5.41, 5.74) is -0.153. The van der Waals surface area contributed by atoms with Crippen LogP contribution in [0.4, 0.5) is 20.2 Å². The molecule has 2 aromatic rings. The quantitative estimate of drug-likeness (QED) is 0.877. The summed E-state index contributed by atoms with van der Waals surface area (Å²) in [4.78, 5) is 10.7. The number of sulfonamides is 1. The van der Waals surface area contributed by atoms with Gasteiger partial charge in [-0.15, -0.1) is 0 Å². The van der Waals surface area contributed by atoms with E-state index >= 15 is 0 Å². The molecule has 0 bridgehead atoms. The third-order valence-corrected chi connectivity index (χ3v) is 4.41. The van der Waals surface area contributed by atoms with Crippen LogP contribution in [0.25, 0.3) is 0 Å². The second-order valence-electron chi connectivity index (χ2n) is 4.55. The van der Waals surface area contributed by atoms with Gasteiger partial charge in [-0.2, -0.15) is 0 Å². The van der Waals surface area contributed by atoms with Crippen LogP contribution in [0.3, 0.4) is 0 Å². The molecule has 0 aliphatic carbocycles. The normalized spacial score (nSPS) is 11.1. The van der Waals surface area contributed by atoms with Crippen LogP contribution >= 0.6 is 11.6 Å². The Morgan fingerprint density at radius 1 is 1.09 bits per heavy atom. The van der Waals surface area contributed by atoms with Gasteiger partial charge in [0.2, 0.25) is 5.91 Å². The molecule has 2 rings (SSSR count). The van der Waals surface area contributed by atoms with Gasteiger partial charge in [-0.3, -0.25) is 9.52 Å². The van der Waals surface area contributed by atoms with Crippen molar-refractivity contribution in [3.8, 4) is 0 Å². The summed E-state index contributed by atoms with van der Waals surface area (Å²) in [6.45, 7) is 1.28. The van der Waals surface area contributed by atoms with Crippen molar-refractivity contribution in [1.29, 1.82) is 0 Å². The topological polar surface area (TPSA) is 75.3 Å². The predicted molar refractivity (Wildman–Crippen MR) is 82.9 cm³/mol. The average molecular weight is 361 g/mol. The van der Waals surface area contributed by atoms with Crippen molar-refractivity contribution < 1.29 is 22.0 Å². The van der Waals surface area contributed by atoms with Crippen LogP contribution in [0.15, 0.2) is 41.3 Å². The Kier molecular flexibility index (Phi) is 4.86. The molecule has 5 nitrogen and oxygen atoms in total. The zero-order valence-corrected chi connectivity index (χ0v) is 13.3. The monoisotopic (exact) mass is 360 g/mol. The van der Waals surface area contributed by atoms with Gasteiger partial charge < -0.3 is 5.32 Å². The van der Waals surface area contributed by atoms with E-state index in [0.717, 1.165) is 18.2 Å². The Hall–Kier alpha value is -2.19. The van der Waals surface area contributed by atoms with Gasteiger partial charge in [-0.05, 0) is 30.3 Å². The molecule has 2 aromatic carbocycles. The first-order valence-electron chi connectivity index (χ1n) is 6.24. The largest absolute Gasteiger partial charge is 0.325 e. The maximum Gasteiger partial charge on any atom is 0.262 e. The number of halogens is 3. The Morgan fingerprint density at radius 2 is 1.74 bits per heavy atom. The van der Waals surface area contributed by atoms with E-state index in [0.29, 0.717) is 6.07 Å². The first kappa shape index (κ1) is 17.2. The maximum atomic E-state index is 13.5. The number of hydrogen-bond donors (Lipinski definition) is 2. The van der Waals surface area contributed by atoms with Crippen molar-refractivity contribution in [3.05, 3.63) is 53.1 Å². The number of carbonyl (C=O) groups is 1. The minimum Gasteiger partial charge on any atom is -0.325 e. The number of carbonyl (C=O) groups excluding carboxylic acids is 1. The van der Waals surface area contributed by atoms with E-state index in [9.17, 15) is 22.0 Å². The van der Waals surface area contributed by atoms with E-state index in [1.54, 1.807) is 0 Å². The molecule has 0 aliphatic rings. The van der Waals surface area contributed by atoms with Gasteiger partial charge in [-0.1, -0.05) is 11.6 Å². The van der Waals surface area contributed by atoms with Crippen LogP contribution < -0.4 is 10.0 Å². The Morgan fingerprint density at radius 3 is 2.30 bits per heavy atom. The van der Waals surface area contributed by atoms with Crippen molar-refractivity contribution in [2.45, 2.75) is 11.8 Å². The minimum atomic E-state index is -4.13. The van der Waals surface area contributed by atoms with Crippen LogP contribution in [0.2, 0.25) is 5.02 Å². The number of amides is 1. The zero-order valence-electron chi connectivity index (χ0n) is 11.7. The SMILES string of the molecule is CC(=O)Nc1ccc(S(=O)(=O)Nc2ccc(F)cc2F)cc1Cl. The molecule has 122 valence electrons. The highest BCUT2D eigenvalue weighted by Gasteiger charge is 2.18. The molecule has 0 heterocycles. The highest BCUT2D eigenvalue weighted by molar-refractivity contribution is 7.92. The molecule has 0 radical (unpaired) electrons. The summed E-state index contributed by atoms with van der Waals surface area (Å²) >= 11 is 5.90. The number of benzene rings is 2. The van der Waals surface area contributed by atoms with Gasteiger partial charge in [0.1, 0.15) is 11.6 Å². The standard InChI is InChI=1S/C14H11ClF2N2O3S/c1-8(20)18-13-5-3-10(7-11(13)15)23(21,22)19-14-4-2-9(16)6-12(14)17/h2-7,19H,1H3,(H,18,20). The second kappa shape index (κ2) is 6.51. The molecule has 0 saturated heterocycles. The summed E-state index contributed by atoms with van der Waals surface area (Å²) in [6, 6.07) is 6.06. The smallest absolute Gasteiger partial charge is 0.262 e. The molecule has 0 fully saturated rings. The summed E-state index contributed by atoms with van der Waals surface area (Å²) in [5, 5.41) is 2.43. The van der Waals surface area contributed by atoms with Gasteiger partial charge >= 0.3 is 0 Å². The zero-order chi connectivity index (χ0) is 17.2. The molecule has 23 heavy (non-hydrogen) atoms. The van der Waals surface area contributed by atoms with Gasteiger partial charge in [0.25, 0.3) is 10.0 Å². The fraction of sp³-hybridized carbons (Fsp3) is 0.0714. The minimum absolute atomic E-state index is 0.00246. The van der Waals surface area contributed by atoms with E-state index in [1.807, 2.05) is 4.72 Å². The second-order valence-corrected chi connectivity index (χ2v) is 6.64. The highest BCUT2D eigenvalue weighted by Crippen LogP contribution is 2.27. The molecule has 1 amide bonds. The first-order chi connectivity index (χ1) is 10.7. The first-order valence-corrected chi connectivity index (χ1v) is 8.10.